The van der Waals surface area contributed by atoms with Gasteiger partial charge >= 0.3 is 6.09 Å². The molecule has 34 heavy (non-hydrogen) atoms. The van der Waals surface area contributed by atoms with E-state index in [1.165, 1.54) is 10.9 Å². The monoisotopic (exact) mass is 457 g/mol. The molecule has 1 amide bonds. The van der Waals surface area contributed by atoms with Crippen LogP contribution < -0.4 is 9.64 Å². The molecule has 0 radical (unpaired) electrons. The Hall–Kier alpha value is -3.65. The van der Waals surface area contributed by atoms with Crippen LogP contribution in [0.1, 0.15) is 18.4 Å². The number of fused-ring (bicyclic) bond motifs is 2. The van der Waals surface area contributed by atoms with E-state index in [4.69, 9.17) is 9.47 Å². The van der Waals surface area contributed by atoms with Crippen molar-refractivity contribution in [3.8, 4) is 11.6 Å². The predicted octanol–water partition coefficient (Wildman–Crippen LogP) is 4.31. The maximum Gasteiger partial charge on any atom is 0.415 e. The van der Waals surface area contributed by atoms with E-state index in [1.54, 1.807) is 18.3 Å². The normalized spacial score (nSPS) is 18.2. The van der Waals surface area contributed by atoms with Gasteiger partial charge in [0.15, 0.2) is 0 Å². The van der Waals surface area contributed by atoms with Crippen molar-refractivity contribution < 1.29 is 14.3 Å². The molecule has 6 rings (SSSR count). The van der Waals surface area contributed by atoms with Gasteiger partial charge in [-0.2, -0.15) is 0 Å². The van der Waals surface area contributed by atoms with Gasteiger partial charge < -0.3 is 18.9 Å². The van der Waals surface area contributed by atoms with Gasteiger partial charge in [0.2, 0.25) is 0 Å². The van der Waals surface area contributed by atoms with Crippen molar-refractivity contribution in [2.45, 2.75) is 25.4 Å². The zero-order valence-electron chi connectivity index (χ0n) is 19.6. The van der Waals surface area contributed by atoms with E-state index in [0.717, 1.165) is 48.2 Å². The van der Waals surface area contributed by atoms with Crippen molar-refractivity contribution in [1.29, 1.82) is 0 Å². The van der Waals surface area contributed by atoms with E-state index in [0.29, 0.717) is 18.0 Å². The van der Waals surface area contributed by atoms with E-state index in [-0.39, 0.29) is 6.09 Å². The third-order valence-corrected chi connectivity index (χ3v) is 7.25. The lowest BCUT2D eigenvalue weighted by atomic mass is 9.91. The second kappa shape index (κ2) is 7.70. The first kappa shape index (κ1) is 20.9. The van der Waals surface area contributed by atoms with Gasteiger partial charge in [0.25, 0.3) is 0 Å². The summed E-state index contributed by atoms with van der Waals surface area (Å²) in [6.45, 7) is 4.43. The van der Waals surface area contributed by atoms with Crippen LogP contribution in [0, 0.1) is 6.92 Å². The molecule has 0 aliphatic carbocycles. The Morgan fingerprint density at radius 1 is 1.09 bits per heavy atom. The zero-order valence-corrected chi connectivity index (χ0v) is 19.6. The average Bonchev–Trinajstić information content (AvgIpc) is 3.42. The molecular weight excluding hydrogens is 430 g/mol. The van der Waals surface area contributed by atoms with Gasteiger partial charge in [0.05, 0.1) is 30.4 Å². The van der Waals surface area contributed by atoms with Crippen LogP contribution in [0.25, 0.3) is 27.6 Å². The van der Waals surface area contributed by atoms with Crippen LogP contribution >= 0.6 is 0 Å². The van der Waals surface area contributed by atoms with Crippen LogP contribution in [0.15, 0.2) is 48.9 Å². The number of carbonyl (C=O) groups is 1. The lowest BCUT2D eigenvalue weighted by molar-refractivity contribution is 0.00678. The molecule has 4 heterocycles. The molecule has 8 heteroatoms. The number of piperidine rings is 1. The zero-order chi connectivity index (χ0) is 23.4. The maximum atomic E-state index is 13.1. The number of hydrogen-bond donors (Lipinski definition) is 0. The van der Waals surface area contributed by atoms with Crippen LogP contribution in [0.5, 0.6) is 5.75 Å². The fourth-order valence-corrected chi connectivity index (χ4v) is 5.23. The highest BCUT2D eigenvalue weighted by molar-refractivity contribution is 5.99. The molecule has 8 nitrogen and oxygen atoms in total. The number of rotatable bonds is 3. The van der Waals surface area contributed by atoms with Crippen molar-refractivity contribution in [2.24, 2.45) is 0 Å². The minimum atomic E-state index is -0.451. The van der Waals surface area contributed by atoms with Gasteiger partial charge in [-0.15, -0.1) is 0 Å². The number of nitrogens with zero attached hydrogens (tertiary/aromatic N) is 5. The number of aromatic nitrogens is 3. The van der Waals surface area contributed by atoms with Crippen molar-refractivity contribution in [3.05, 3.63) is 54.5 Å². The van der Waals surface area contributed by atoms with Gasteiger partial charge in [-0.05, 0) is 37.7 Å². The summed E-state index contributed by atoms with van der Waals surface area (Å²) in [6.07, 6.45) is 4.91. The van der Waals surface area contributed by atoms with Gasteiger partial charge in [-0.1, -0.05) is 12.1 Å². The SMILES string of the molecule is COc1cc2ncnc(-n3ccc4c(C)cccc43)c2cc1N1CC2(CCN(C)CC2)OC1=O. The Balaban J connectivity index is 1.48. The molecular formula is C26H27N5O3. The summed E-state index contributed by atoms with van der Waals surface area (Å²) >= 11 is 0. The number of hydrogen-bond acceptors (Lipinski definition) is 6. The third kappa shape index (κ3) is 3.20. The summed E-state index contributed by atoms with van der Waals surface area (Å²) in [6, 6.07) is 12.2. The Morgan fingerprint density at radius 2 is 1.91 bits per heavy atom. The van der Waals surface area contributed by atoms with Gasteiger partial charge in [-0.3, -0.25) is 4.90 Å². The molecule has 2 aromatic heterocycles. The van der Waals surface area contributed by atoms with Crippen LogP contribution in [-0.2, 0) is 4.74 Å². The summed E-state index contributed by atoms with van der Waals surface area (Å²) in [5.74, 6) is 1.35. The maximum absolute atomic E-state index is 13.1. The van der Waals surface area contributed by atoms with E-state index in [2.05, 4.69) is 51.6 Å². The summed E-state index contributed by atoms with van der Waals surface area (Å²) < 4.78 is 13.7. The minimum Gasteiger partial charge on any atom is -0.494 e. The summed E-state index contributed by atoms with van der Waals surface area (Å²) in [5.41, 5.74) is 3.26. The molecule has 0 bridgehead atoms. The number of ether oxygens (including phenoxy) is 2. The van der Waals surface area contributed by atoms with Crippen molar-refractivity contribution in [3.63, 3.8) is 0 Å². The molecule has 2 fully saturated rings. The average molecular weight is 458 g/mol. The molecule has 0 saturated carbocycles. The van der Waals surface area contributed by atoms with E-state index in [9.17, 15) is 4.79 Å². The van der Waals surface area contributed by atoms with E-state index >= 15 is 0 Å². The van der Waals surface area contributed by atoms with Gasteiger partial charge in [0, 0.05) is 49.0 Å². The molecule has 1 spiro atoms. The highest BCUT2D eigenvalue weighted by Crippen LogP contribution is 2.41. The van der Waals surface area contributed by atoms with Crippen LogP contribution in [0.2, 0.25) is 0 Å². The lowest BCUT2D eigenvalue weighted by Gasteiger charge is -2.35. The Morgan fingerprint density at radius 3 is 2.71 bits per heavy atom. The fraction of sp³-hybridized carbons (Fsp3) is 0.346. The first-order chi connectivity index (χ1) is 16.5. The second-order valence-corrected chi connectivity index (χ2v) is 9.37. The first-order valence-electron chi connectivity index (χ1n) is 11.6. The topological polar surface area (TPSA) is 72.7 Å². The van der Waals surface area contributed by atoms with Crippen LogP contribution in [0.4, 0.5) is 10.5 Å². The highest BCUT2D eigenvalue weighted by Gasteiger charge is 2.47. The first-order valence-corrected chi connectivity index (χ1v) is 11.6. The largest absolute Gasteiger partial charge is 0.494 e. The standard InChI is InChI=1S/C26H27N5O3/c1-17-5-4-6-21-18(17)7-10-30(21)24-19-13-22(23(33-3)14-20(19)27-16-28-24)31-15-26(34-25(31)32)8-11-29(2)12-9-26/h4-7,10,13-14,16H,8-9,11-12,15H2,1-3H3. The number of benzene rings is 2. The van der Waals surface area contributed by atoms with Gasteiger partial charge in [0.1, 0.15) is 23.5 Å². The predicted molar refractivity (Wildman–Crippen MR) is 131 cm³/mol. The number of amides is 1. The Kier molecular flexibility index (Phi) is 4.74. The Labute approximate surface area is 197 Å². The number of methoxy groups -OCH3 is 1. The molecule has 0 unspecified atom stereocenters. The van der Waals surface area contributed by atoms with Crippen molar-refractivity contribution in [1.82, 2.24) is 19.4 Å². The number of likely N-dealkylation sites (tertiary alicyclic amines) is 1. The van der Waals surface area contributed by atoms with E-state index in [1.807, 2.05) is 24.4 Å². The summed E-state index contributed by atoms with van der Waals surface area (Å²) in [7, 11) is 3.71. The van der Waals surface area contributed by atoms with Crippen LogP contribution in [0.3, 0.4) is 0 Å². The second-order valence-electron chi connectivity index (χ2n) is 9.37. The highest BCUT2D eigenvalue weighted by atomic mass is 16.6. The number of aryl methyl sites for hydroxylation is 1. The molecule has 2 aliphatic rings. The summed E-state index contributed by atoms with van der Waals surface area (Å²) in [4.78, 5) is 26.2. The summed E-state index contributed by atoms with van der Waals surface area (Å²) in [5, 5.41) is 2.02. The fourth-order valence-electron chi connectivity index (χ4n) is 5.23. The number of carbonyl (C=O) groups excluding carboxylic acids is 1. The number of anilines is 1. The smallest absolute Gasteiger partial charge is 0.415 e. The molecule has 2 aliphatic heterocycles. The van der Waals surface area contributed by atoms with E-state index < -0.39 is 5.60 Å². The van der Waals surface area contributed by atoms with Crippen molar-refractivity contribution in [2.75, 3.05) is 38.7 Å². The minimum absolute atomic E-state index is 0.331. The molecule has 0 N–H and O–H groups in total. The molecule has 174 valence electrons. The quantitative estimate of drug-likeness (QED) is 0.457. The lowest BCUT2D eigenvalue weighted by Crippen LogP contribution is -2.45. The molecule has 2 aromatic carbocycles. The van der Waals surface area contributed by atoms with Crippen molar-refractivity contribution >= 4 is 33.6 Å². The molecule has 0 atom stereocenters. The molecule has 4 aromatic rings. The van der Waals surface area contributed by atoms with Crippen LogP contribution in [-0.4, -0.2) is 64.9 Å². The van der Waals surface area contributed by atoms with Gasteiger partial charge in [-0.25, -0.2) is 14.8 Å². The third-order valence-electron chi connectivity index (χ3n) is 7.25. The molecule has 2 saturated heterocycles. The Bertz CT molecular complexity index is 1420.